The number of nitrogens with two attached hydrogens (primary N) is 1. The highest BCUT2D eigenvalue weighted by Crippen LogP contribution is 2.41. The molecule has 0 aliphatic rings. The molecule has 0 saturated heterocycles. The van der Waals surface area contributed by atoms with Crippen LogP contribution in [0.4, 0.5) is 0 Å². The van der Waals surface area contributed by atoms with E-state index >= 15 is 0 Å². The number of carbonyl (C=O) groups is 2. The monoisotopic (exact) mass is 391 g/mol. The van der Waals surface area contributed by atoms with Crippen molar-refractivity contribution in [2.45, 2.75) is 0 Å². The number of hydrogen-bond acceptors (Lipinski definition) is 5. The number of carboxylic acid groups (broad SMARTS) is 1. The summed E-state index contributed by atoms with van der Waals surface area (Å²) in [6.07, 6.45) is 3.13. The third kappa shape index (κ3) is 2.84. The Labute approximate surface area is 165 Å². The van der Waals surface area contributed by atoms with Crippen LogP contribution in [0.2, 0.25) is 0 Å². The van der Waals surface area contributed by atoms with Gasteiger partial charge in [0.15, 0.2) is 11.5 Å². The highest BCUT2D eigenvalue weighted by atomic mass is 16.5. The van der Waals surface area contributed by atoms with Gasteiger partial charge in [-0.15, -0.1) is 0 Å². The molecule has 4 rings (SSSR count). The third-order valence-corrected chi connectivity index (χ3v) is 4.91. The molecule has 0 unspecified atom stereocenters. The minimum Gasteiger partial charge on any atom is -0.493 e. The van der Waals surface area contributed by atoms with Gasteiger partial charge in [0, 0.05) is 21.7 Å². The predicted molar refractivity (Wildman–Crippen MR) is 108 cm³/mol. The summed E-state index contributed by atoms with van der Waals surface area (Å²) in [4.78, 5) is 24.3. The number of ether oxygens (including phenoxy) is 2. The van der Waals surface area contributed by atoms with Crippen LogP contribution < -0.4 is 15.2 Å². The van der Waals surface area contributed by atoms with Crippen molar-refractivity contribution < 1.29 is 28.6 Å². The molecule has 146 valence electrons. The number of benzene rings is 3. The molecule has 0 aliphatic heterocycles. The number of primary amides is 1. The molecule has 7 nitrogen and oxygen atoms in total. The van der Waals surface area contributed by atoms with Crippen molar-refractivity contribution in [2.75, 3.05) is 14.2 Å². The quantitative estimate of drug-likeness (QED) is 0.530. The SMILES string of the molecule is COc1ccc(-c2c(C(=O)O)c(C(N)=O)cc3ccc4cocc4c23)cc1OC. The summed E-state index contributed by atoms with van der Waals surface area (Å²) >= 11 is 0. The van der Waals surface area contributed by atoms with Gasteiger partial charge in [-0.05, 0) is 29.1 Å². The molecule has 3 N–H and O–H groups in total. The summed E-state index contributed by atoms with van der Waals surface area (Å²) < 4.78 is 16.0. The van der Waals surface area contributed by atoms with E-state index in [1.807, 2.05) is 6.07 Å². The van der Waals surface area contributed by atoms with Crippen molar-refractivity contribution in [1.29, 1.82) is 0 Å². The van der Waals surface area contributed by atoms with Gasteiger partial charge in [-0.25, -0.2) is 4.79 Å². The Bertz CT molecular complexity index is 1290. The average Bonchev–Trinajstić information content (AvgIpc) is 3.20. The summed E-state index contributed by atoms with van der Waals surface area (Å²) in [7, 11) is 3.00. The Morgan fingerprint density at radius 3 is 2.34 bits per heavy atom. The fourth-order valence-electron chi connectivity index (χ4n) is 3.64. The van der Waals surface area contributed by atoms with E-state index in [-0.39, 0.29) is 11.1 Å². The smallest absolute Gasteiger partial charge is 0.337 e. The van der Waals surface area contributed by atoms with E-state index in [1.165, 1.54) is 20.3 Å². The van der Waals surface area contributed by atoms with Gasteiger partial charge in [0.05, 0.1) is 37.9 Å². The zero-order valence-corrected chi connectivity index (χ0v) is 15.7. The zero-order chi connectivity index (χ0) is 20.7. The van der Waals surface area contributed by atoms with Gasteiger partial charge >= 0.3 is 5.97 Å². The van der Waals surface area contributed by atoms with E-state index in [0.717, 1.165) is 10.8 Å². The molecule has 0 spiro atoms. The Balaban J connectivity index is 2.23. The number of methoxy groups -OCH3 is 2. The summed E-state index contributed by atoms with van der Waals surface area (Å²) in [5, 5.41) is 12.8. The van der Waals surface area contributed by atoms with Gasteiger partial charge in [-0.3, -0.25) is 4.79 Å². The summed E-state index contributed by atoms with van der Waals surface area (Å²) in [5.74, 6) is -1.15. The Morgan fingerprint density at radius 2 is 1.69 bits per heavy atom. The van der Waals surface area contributed by atoms with Gasteiger partial charge in [0.1, 0.15) is 0 Å². The molecule has 1 heterocycles. The number of hydrogen-bond donors (Lipinski definition) is 2. The third-order valence-electron chi connectivity index (χ3n) is 4.91. The maximum Gasteiger partial charge on any atom is 0.337 e. The summed E-state index contributed by atoms with van der Waals surface area (Å²) in [5.41, 5.74) is 6.17. The van der Waals surface area contributed by atoms with E-state index in [1.54, 1.807) is 36.8 Å². The van der Waals surface area contributed by atoms with E-state index in [9.17, 15) is 14.7 Å². The molecular formula is C22H17NO6. The molecule has 7 heteroatoms. The van der Waals surface area contributed by atoms with Crippen LogP contribution >= 0.6 is 0 Å². The van der Waals surface area contributed by atoms with Crippen LogP contribution in [0.1, 0.15) is 20.7 Å². The number of furan rings is 1. The second kappa shape index (κ2) is 6.87. The van der Waals surface area contributed by atoms with Crippen molar-refractivity contribution >= 4 is 33.4 Å². The highest BCUT2D eigenvalue weighted by Gasteiger charge is 2.25. The molecule has 0 radical (unpaired) electrons. The topological polar surface area (TPSA) is 112 Å². The number of carboxylic acids is 1. The van der Waals surface area contributed by atoms with E-state index in [4.69, 9.17) is 19.6 Å². The lowest BCUT2D eigenvalue weighted by molar-refractivity contribution is 0.0693. The summed E-state index contributed by atoms with van der Waals surface area (Å²) in [6, 6.07) is 10.2. The molecule has 1 aromatic heterocycles. The van der Waals surface area contributed by atoms with Crippen LogP contribution in [0.15, 0.2) is 53.3 Å². The minimum absolute atomic E-state index is 0.0716. The molecule has 0 atom stereocenters. The van der Waals surface area contributed by atoms with Crippen molar-refractivity contribution in [1.82, 2.24) is 0 Å². The number of carbonyl (C=O) groups excluding carboxylic acids is 1. The number of aromatic carboxylic acids is 1. The molecule has 0 saturated carbocycles. The average molecular weight is 391 g/mol. The van der Waals surface area contributed by atoms with Crippen molar-refractivity contribution in [2.24, 2.45) is 5.73 Å². The largest absolute Gasteiger partial charge is 0.493 e. The number of amides is 1. The Kier molecular flexibility index (Phi) is 4.35. The van der Waals surface area contributed by atoms with E-state index < -0.39 is 11.9 Å². The lowest BCUT2D eigenvalue weighted by atomic mass is 9.87. The fourth-order valence-corrected chi connectivity index (χ4v) is 3.64. The maximum atomic E-state index is 12.2. The first kappa shape index (κ1) is 18.4. The van der Waals surface area contributed by atoms with E-state index in [2.05, 4.69) is 0 Å². The predicted octanol–water partition coefficient (Wildman–Crippen LogP) is 4.07. The minimum atomic E-state index is -1.26. The molecule has 0 aliphatic carbocycles. The normalized spacial score (nSPS) is 11.0. The zero-order valence-electron chi connectivity index (χ0n) is 15.7. The number of fused-ring (bicyclic) bond motifs is 3. The van der Waals surface area contributed by atoms with Crippen LogP contribution in [-0.2, 0) is 0 Å². The molecule has 29 heavy (non-hydrogen) atoms. The molecular weight excluding hydrogens is 374 g/mol. The van der Waals surface area contributed by atoms with Crippen LogP contribution in [0, 0.1) is 0 Å². The van der Waals surface area contributed by atoms with Crippen LogP contribution in [0.5, 0.6) is 11.5 Å². The Morgan fingerprint density at radius 1 is 0.966 bits per heavy atom. The van der Waals surface area contributed by atoms with Crippen molar-refractivity contribution in [3.63, 3.8) is 0 Å². The highest BCUT2D eigenvalue weighted by molar-refractivity contribution is 6.22. The molecule has 3 aromatic carbocycles. The van der Waals surface area contributed by atoms with Gasteiger partial charge in [-0.1, -0.05) is 18.2 Å². The van der Waals surface area contributed by atoms with E-state index in [0.29, 0.717) is 33.4 Å². The van der Waals surface area contributed by atoms with Crippen LogP contribution in [0.25, 0.3) is 32.7 Å². The van der Waals surface area contributed by atoms with Crippen molar-refractivity contribution in [3.05, 3.63) is 60.1 Å². The first-order valence-electron chi connectivity index (χ1n) is 8.67. The Hall–Kier alpha value is -4.00. The van der Waals surface area contributed by atoms with Crippen LogP contribution in [-0.4, -0.2) is 31.2 Å². The van der Waals surface area contributed by atoms with Crippen LogP contribution in [0.3, 0.4) is 0 Å². The fraction of sp³-hybridized carbons (Fsp3) is 0.0909. The molecule has 0 fully saturated rings. The lowest BCUT2D eigenvalue weighted by Gasteiger charge is -2.16. The molecule has 1 amide bonds. The standard InChI is InChI=1S/C22H17NO6/c1-27-16-6-5-12(8-17(16)28-2)19-18-11(3-4-13-9-29-10-15(13)18)7-14(21(23)24)20(19)22(25)26/h3-10H,1-2H3,(H2,23,24)(H,25,26). The second-order valence-electron chi connectivity index (χ2n) is 6.45. The van der Waals surface area contributed by atoms with Gasteiger partial charge < -0.3 is 24.7 Å². The maximum absolute atomic E-state index is 12.2. The molecule has 0 bridgehead atoms. The first-order valence-corrected chi connectivity index (χ1v) is 8.67. The van der Waals surface area contributed by atoms with Gasteiger partial charge in [0.25, 0.3) is 0 Å². The first-order chi connectivity index (χ1) is 14.0. The van der Waals surface area contributed by atoms with Gasteiger partial charge in [0.2, 0.25) is 5.91 Å². The second-order valence-corrected chi connectivity index (χ2v) is 6.45. The van der Waals surface area contributed by atoms with Crippen molar-refractivity contribution in [3.8, 4) is 22.6 Å². The lowest BCUT2D eigenvalue weighted by Crippen LogP contribution is -2.17. The molecule has 4 aromatic rings. The summed E-state index contributed by atoms with van der Waals surface area (Å²) in [6.45, 7) is 0. The number of rotatable bonds is 5. The van der Waals surface area contributed by atoms with Gasteiger partial charge in [-0.2, -0.15) is 0 Å².